The molecule has 4 atom stereocenters. The van der Waals surface area contributed by atoms with Crippen LogP contribution in [-0.2, 0) is 27.4 Å². The third-order valence-electron chi connectivity index (χ3n) is 6.54. The van der Waals surface area contributed by atoms with E-state index in [0.717, 1.165) is 29.7 Å². The molecule has 3 fully saturated rings. The fourth-order valence-electron chi connectivity index (χ4n) is 5.44. The average Bonchev–Trinajstić information content (AvgIpc) is 3.34. The Morgan fingerprint density at radius 3 is 3.04 bits per heavy atom. The van der Waals surface area contributed by atoms with E-state index in [2.05, 4.69) is 4.98 Å². The first-order valence-corrected chi connectivity index (χ1v) is 9.42. The number of nitrogens with zero attached hydrogens (tertiary/aromatic N) is 3. The van der Waals surface area contributed by atoms with E-state index < -0.39 is 5.60 Å². The minimum Gasteiger partial charge on any atom is -0.368 e. The Kier molecular flexibility index (Phi) is 3.43. The lowest BCUT2D eigenvalue weighted by molar-refractivity contribution is -0.144. The van der Waals surface area contributed by atoms with Crippen molar-refractivity contribution in [2.75, 3.05) is 19.6 Å². The fraction of sp³-hybridized carbons (Fsp3) is 0.632. The summed E-state index contributed by atoms with van der Waals surface area (Å²) in [6.07, 6.45) is 3.46. The summed E-state index contributed by atoms with van der Waals surface area (Å²) in [5.41, 5.74) is 8.41. The summed E-state index contributed by atoms with van der Waals surface area (Å²) in [7, 11) is 0. The summed E-state index contributed by atoms with van der Waals surface area (Å²) in [6, 6.07) is 2.05. The van der Waals surface area contributed by atoms with Crippen molar-refractivity contribution >= 4 is 11.8 Å². The van der Waals surface area contributed by atoms with Crippen LogP contribution in [0.2, 0.25) is 0 Å². The zero-order valence-corrected chi connectivity index (χ0v) is 15.0. The van der Waals surface area contributed by atoms with Gasteiger partial charge in [-0.2, -0.15) is 0 Å². The van der Waals surface area contributed by atoms with E-state index in [1.807, 2.05) is 24.1 Å². The number of likely N-dealkylation sites (tertiary alicyclic amines) is 1. The number of rotatable bonds is 3. The van der Waals surface area contributed by atoms with E-state index in [9.17, 15) is 9.59 Å². The van der Waals surface area contributed by atoms with Gasteiger partial charge in [-0.1, -0.05) is 0 Å². The lowest BCUT2D eigenvalue weighted by Gasteiger charge is -2.30. The molecular weight excluding hydrogens is 332 g/mol. The molecule has 5 rings (SSSR count). The number of fused-ring (bicyclic) bond motifs is 2. The van der Waals surface area contributed by atoms with Gasteiger partial charge in [-0.3, -0.25) is 14.6 Å². The second-order valence-electron chi connectivity index (χ2n) is 8.10. The maximum atomic E-state index is 13.4. The van der Waals surface area contributed by atoms with Crippen LogP contribution in [-0.4, -0.2) is 57.9 Å². The van der Waals surface area contributed by atoms with Gasteiger partial charge in [0, 0.05) is 38.1 Å². The molecule has 0 aromatic carbocycles. The minimum atomic E-state index is -0.470. The van der Waals surface area contributed by atoms with Gasteiger partial charge in [-0.15, -0.1) is 0 Å². The van der Waals surface area contributed by atoms with Crippen molar-refractivity contribution in [2.45, 2.75) is 44.6 Å². The molecule has 1 aromatic heterocycles. The van der Waals surface area contributed by atoms with Crippen LogP contribution in [0.5, 0.6) is 0 Å². The Morgan fingerprint density at radius 2 is 2.23 bits per heavy atom. The monoisotopic (exact) mass is 356 g/mol. The van der Waals surface area contributed by atoms with Crippen LogP contribution in [0, 0.1) is 18.8 Å². The van der Waals surface area contributed by atoms with Crippen LogP contribution in [0.25, 0.3) is 0 Å². The van der Waals surface area contributed by atoms with Crippen LogP contribution in [0.3, 0.4) is 0 Å². The molecule has 2 amide bonds. The third-order valence-corrected chi connectivity index (χ3v) is 6.54. The average molecular weight is 356 g/mol. The largest absolute Gasteiger partial charge is 0.368 e. The number of hydrogen-bond donors (Lipinski definition) is 1. The third kappa shape index (κ3) is 2.10. The first-order valence-electron chi connectivity index (χ1n) is 9.42. The zero-order valence-electron chi connectivity index (χ0n) is 15.0. The highest BCUT2D eigenvalue weighted by atomic mass is 16.5. The molecule has 3 saturated heterocycles. The number of ether oxygens (including phenoxy) is 1. The first kappa shape index (κ1) is 16.2. The van der Waals surface area contributed by atoms with Gasteiger partial charge in [0.15, 0.2) is 0 Å². The summed E-state index contributed by atoms with van der Waals surface area (Å²) in [4.78, 5) is 34.3. The molecule has 4 aliphatic rings. The van der Waals surface area contributed by atoms with Gasteiger partial charge in [0.2, 0.25) is 11.8 Å². The molecule has 0 aliphatic carbocycles. The molecule has 1 aromatic rings. The number of aryl methyl sites for hydroxylation is 1. The van der Waals surface area contributed by atoms with E-state index in [1.54, 1.807) is 4.90 Å². The highest BCUT2D eigenvalue weighted by Crippen LogP contribution is 2.56. The molecule has 0 radical (unpaired) electrons. The normalized spacial score (nSPS) is 34.5. The Balaban J connectivity index is 1.41. The van der Waals surface area contributed by atoms with Crippen molar-refractivity contribution in [1.29, 1.82) is 0 Å². The molecule has 0 saturated carbocycles. The van der Waals surface area contributed by atoms with E-state index in [0.29, 0.717) is 32.7 Å². The molecule has 5 heterocycles. The number of carbonyl (C=O) groups is 2. The standard InChI is InChI=1S/C19H24N4O3/c1-11-6-12-8-23(9-13(12)7-21-11)17(24)15-14-2-3-19(26-14)10-22(5-4-20)18(25)16(15)19/h6-7,14-16H,2-5,8-10,20H2,1H3/t14-,15-,16+,19-/m0/s1. The van der Waals surface area contributed by atoms with Crippen LogP contribution >= 0.6 is 0 Å². The Morgan fingerprint density at radius 1 is 1.42 bits per heavy atom. The van der Waals surface area contributed by atoms with Crippen molar-refractivity contribution in [1.82, 2.24) is 14.8 Å². The molecule has 4 aliphatic heterocycles. The Labute approximate surface area is 152 Å². The molecular formula is C19H24N4O3. The summed E-state index contributed by atoms with van der Waals surface area (Å²) >= 11 is 0. The minimum absolute atomic E-state index is 0.0465. The summed E-state index contributed by atoms with van der Waals surface area (Å²) in [6.45, 7) is 4.68. The van der Waals surface area contributed by atoms with Crippen LogP contribution in [0.15, 0.2) is 12.3 Å². The molecule has 2 N–H and O–H groups in total. The van der Waals surface area contributed by atoms with Crippen molar-refractivity contribution < 1.29 is 14.3 Å². The van der Waals surface area contributed by atoms with E-state index >= 15 is 0 Å². The summed E-state index contributed by atoms with van der Waals surface area (Å²) in [5.74, 6) is -0.602. The number of pyridine rings is 1. The lowest BCUT2D eigenvalue weighted by Crippen LogP contribution is -2.46. The Bertz CT molecular complexity index is 797. The number of carbonyl (C=O) groups excluding carboxylic acids is 2. The van der Waals surface area contributed by atoms with Gasteiger partial charge >= 0.3 is 0 Å². The van der Waals surface area contributed by atoms with Crippen LogP contribution in [0.1, 0.15) is 29.7 Å². The second kappa shape index (κ2) is 5.50. The van der Waals surface area contributed by atoms with Gasteiger partial charge in [0.05, 0.1) is 30.1 Å². The van der Waals surface area contributed by atoms with Gasteiger partial charge in [-0.25, -0.2) is 0 Å². The molecule has 26 heavy (non-hydrogen) atoms. The lowest BCUT2D eigenvalue weighted by atomic mass is 9.72. The number of nitrogens with two attached hydrogens (primary N) is 1. The Hall–Kier alpha value is -1.99. The topological polar surface area (TPSA) is 88.8 Å². The number of hydrogen-bond acceptors (Lipinski definition) is 5. The predicted octanol–water partition coefficient (Wildman–Crippen LogP) is 0.197. The van der Waals surface area contributed by atoms with Gasteiger partial charge < -0.3 is 20.3 Å². The SMILES string of the molecule is Cc1cc2c(cn1)CN(C(=O)[C@H]1[C@@H]3CC[C@@]4(CN(CCN)C(=O)[C@@H]14)O3)C2. The molecule has 0 unspecified atom stereocenters. The quantitative estimate of drug-likeness (QED) is 0.836. The van der Waals surface area contributed by atoms with Gasteiger partial charge in [-0.05, 0) is 37.0 Å². The molecule has 7 heteroatoms. The fourth-order valence-corrected chi connectivity index (χ4v) is 5.44. The van der Waals surface area contributed by atoms with Crippen molar-refractivity contribution in [3.63, 3.8) is 0 Å². The molecule has 1 spiro atoms. The first-order chi connectivity index (χ1) is 12.5. The van der Waals surface area contributed by atoms with E-state index in [-0.39, 0.29) is 29.8 Å². The number of amides is 2. The molecule has 138 valence electrons. The van der Waals surface area contributed by atoms with Crippen LogP contribution in [0.4, 0.5) is 0 Å². The maximum absolute atomic E-state index is 13.4. The van der Waals surface area contributed by atoms with Gasteiger partial charge in [0.25, 0.3) is 0 Å². The highest BCUT2D eigenvalue weighted by molar-refractivity contribution is 5.92. The predicted molar refractivity (Wildman–Crippen MR) is 92.7 cm³/mol. The molecule has 7 nitrogen and oxygen atoms in total. The van der Waals surface area contributed by atoms with E-state index in [1.165, 1.54) is 0 Å². The molecule has 2 bridgehead atoms. The highest BCUT2D eigenvalue weighted by Gasteiger charge is 2.69. The summed E-state index contributed by atoms with van der Waals surface area (Å²) < 4.78 is 6.26. The second-order valence-corrected chi connectivity index (χ2v) is 8.10. The van der Waals surface area contributed by atoms with Crippen molar-refractivity contribution in [3.8, 4) is 0 Å². The smallest absolute Gasteiger partial charge is 0.229 e. The zero-order chi connectivity index (χ0) is 18.1. The maximum Gasteiger partial charge on any atom is 0.229 e. The van der Waals surface area contributed by atoms with Crippen molar-refractivity contribution in [3.05, 3.63) is 29.1 Å². The number of aromatic nitrogens is 1. The summed E-state index contributed by atoms with van der Waals surface area (Å²) in [5, 5.41) is 0. The van der Waals surface area contributed by atoms with Crippen LogP contribution < -0.4 is 5.73 Å². The van der Waals surface area contributed by atoms with Gasteiger partial charge in [0.1, 0.15) is 0 Å². The van der Waals surface area contributed by atoms with E-state index in [4.69, 9.17) is 10.5 Å². The van der Waals surface area contributed by atoms with Crippen molar-refractivity contribution in [2.24, 2.45) is 17.6 Å².